The standard InChI is InChI=1S/C26H29FN6O6S/c1-38-11-12-39-26(25(34)35)9-7-16(8-10-26)21-22(40(2,36)37)23(28)33-24(31-21)20(14-30-33)17-13-29-32(15-17)19-5-3-18(27)4-6-19/h3-6,13-16H,7-12,28H2,1-2H3,(H,34,35)/t16-,26-. The number of aromatic nitrogens is 5. The van der Waals surface area contributed by atoms with Gasteiger partial charge in [0.25, 0.3) is 0 Å². The van der Waals surface area contributed by atoms with E-state index in [9.17, 15) is 22.7 Å². The molecule has 5 rings (SSSR count). The Balaban J connectivity index is 1.54. The molecular weight excluding hydrogens is 543 g/mol. The van der Waals surface area contributed by atoms with E-state index >= 15 is 0 Å². The van der Waals surface area contributed by atoms with Crippen LogP contribution < -0.4 is 5.73 Å². The summed E-state index contributed by atoms with van der Waals surface area (Å²) in [5.41, 5.74) is 7.48. The first kappa shape index (κ1) is 27.7. The van der Waals surface area contributed by atoms with E-state index in [-0.39, 0.29) is 54.2 Å². The first-order valence-electron chi connectivity index (χ1n) is 12.6. The second-order valence-electron chi connectivity index (χ2n) is 9.84. The molecule has 1 saturated carbocycles. The average Bonchev–Trinajstić information content (AvgIpc) is 3.56. The molecular formula is C26H29FN6O6S. The molecule has 1 aromatic carbocycles. The number of halogens is 1. The number of methoxy groups -OCH3 is 1. The maximum atomic E-state index is 13.4. The number of fused-ring (bicyclic) bond motifs is 1. The lowest BCUT2D eigenvalue weighted by molar-refractivity contribution is -0.173. The molecule has 1 aliphatic rings. The third kappa shape index (κ3) is 5.05. The van der Waals surface area contributed by atoms with E-state index in [1.54, 1.807) is 29.2 Å². The maximum Gasteiger partial charge on any atom is 0.335 e. The molecule has 3 aromatic heterocycles. The third-order valence-electron chi connectivity index (χ3n) is 7.25. The normalized spacial score (nSPS) is 19.7. The SMILES string of the molecule is COCCO[C@]1(C(=O)O)CC[C@@H](c2nc3c(-c4cnn(-c5ccc(F)cc5)c4)cnn3c(N)c2S(C)(=O)=O)CC1. The smallest absolute Gasteiger partial charge is 0.335 e. The maximum absolute atomic E-state index is 13.4. The number of carboxylic acid groups (broad SMARTS) is 1. The molecule has 0 saturated heterocycles. The highest BCUT2D eigenvalue weighted by molar-refractivity contribution is 7.91. The van der Waals surface area contributed by atoms with Crippen LogP contribution >= 0.6 is 0 Å². The summed E-state index contributed by atoms with van der Waals surface area (Å²) in [4.78, 5) is 16.8. The summed E-state index contributed by atoms with van der Waals surface area (Å²) < 4.78 is 52.7. The minimum atomic E-state index is -3.82. The number of anilines is 1. The predicted molar refractivity (Wildman–Crippen MR) is 142 cm³/mol. The lowest BCUT2D eigenvalue weighted by Gasteiger charge is -2.36. The predicted octanol–water partition coefficient (Wildman–Crippen LogP) is 2.85. The van der Waals surface area contributed by atoms with Gasteiger partial charge in [-0.3, -0.25) is 0 Å². The molecule has 0 unspecified atom stereocenters. The fraction of sp³-hybridized carbons (Fsp3) is 0.385. The molecule has 12 nitrogen and oxygen atoms in total. The van der Waals surface area contributed by atoms with Gasteiger partial charge >= 0.3 is 5.97 Å². The van der Waals surface area contributed by atoms with Crippen LogP contribution in [-0.2, 0) is 24.1 Å². The number of hydrogen-bond donors (Lipinski definition) is 2. The third-order valence-corrected chi connectivity index (χ3v) is 8.41. The zero-order valence-corrected chi connectivity index (χ0v) is 22.8. The number of ether oxygens (including phenoxy) is 2. The van der Waals surface area contributed by atoms with Crippen molar-refractivity contribution >= 4 is 27.3 Å². The Kier molecular flexibility index (Phi) is 7.33. The first-order valence-corrected chi connectivity index (χ1v) is 14.5. The summed E-state index contributed by atoms with van der Waals surface area (Å²) in [5.74, 6) is -1.88. The van der Waals surface area contributed by atoms with Gasteiger partial charge in [-0.1, -0.05) is 0 Å². The molecule has 0 bridgehead atoms. The Morgan fingerprint density at radius 2 is 1.88 bits per heavy atom. The molecule has 0 amide bonds. The summed E-state index contributed by atoms with van der Waals surface area (Å²) in [7, 11) is -2.31. The van der Waals surface area contributed by atoms with E-state index in [1.807, 2.05) is 0 Å². The van der Waals surface area contributed by atoms with Gasteiger partial charge in [0.05, 0.1) is 37.0 Å². The van der Waals surface area contributed by atoms with Crippen LogP contribution in [-0.4, -0.2) is 76.1 Å². The number of carboxylic acids is 1. The second kappa shape index (κ2) is 10.6. The van der Waals surface area contributed by atoms with Crippen molar-refractivity contribution in [3.63, 3.8) is 0 Å². The second-order valence-corrected chi connectivity index (χ2v) is 11.8. The largest absolute Gasteiger partial charge is 0.479 e. The minimum absolute atomic E-state index is 0.0777. The average molecular weight is 573 g/mol. The molecule has 1 fully saturated rings. The fourth-order valence-electron chi connectivity index (χ4n) is 5.17. The number of rotatable bonds is 9. The monoisotopic (exact) mass is 572 g/mol. The Morgan fingerprint density at radius 3 is 2.50 bits per heavy atom. The molecule has 0 aliphatic heterocycles. The van der Waals surface area contributed by atoms with E-state index in [2.05, 4.69) is 10.2 Å². The van der Waals surface area contributed by atoms with Crippen molar-refractivity contribution in [1.29, 1.82) is 0 Å². The minimum Gasteiger partial charge on any atom is -0.479 e. The van der Waals surface area contributed by atoms with Crippen molar-refractivity contribution in [2.75, 3.05) is 32.3 Å². The molecule has 0 radical (unpaired) electrons. The van der Waals surface area contributed by atoms with Crippen LogP contribution in [0.1, 0.15) is 37.3 Å². The summed E-state index contributed by atoms with van der Waals surface area (Å²) in [6.45, 7) is 0.386. The van der Waals surface area contributed by atoms with Gasteiger partial charge < -0.3 is 20.3 Å². The van der Waals surface area contributed by atoms with Crippen molar-refractivity contribution in [2.24, 2.45) is 0 Å². The number of benzene rings is 1. The number of nitrogen functional groups attached to an aromatic ring is 1. The van der Waals surface area contributed by atoms with E-state index in [4.69, 9.17) is 20.2 Å². The Bertz CT molecular complexity index is 1660. The summed E-state index contributed by atoms with van der Waals surface area (Å²) in [5, 5.41) is 18.6. The zero-order chi connectivity index (χ0) is 28.7. The molecule has 1 aliphatic carbocycles. The highest BCUT2D eigenvalue weighted by Crippen LogP contribution is 2.43. The van der Waals surface area contributed by atoms with Crippen LogP contribution in [0, 0.1) is 5.82 Å². The van der Waals surface area contributed by atoms with Crippen molar-refractivity contribution in [1.82, 2.24) is 24.4 Å². The van der Waals surface area contributed by atoms with Gasteiger partial charge in [-0.05, 0) is 49.9 Å². The van der Waals surface area contributed by atoms with Crippen LogP contribution in [0.2, 0.25) is 0 Å². The fourth-order valence-corrected chi connectivity index (χ4v) is 6.23. The molecule has 0 atom stereocenters. The van der Waals surface area contributed by atoms with Crippen LogP contribution in [0.25, 0.3) is 22.5 Å². The van der Waals surface area contributed by atoms with E-state index in [0.717, 1.165) is 6.26 Å². The van der Waals surface area contributed by atoms with Gasteiger partial charge in [-0.2, -0.15) is 14.7 Å². The number of hydrogen-bond acceptors (Lipinski definition) is 9. The van der Waals surface area contributed by atoms with Gasteiger partial charge in [0.2, 0.25) is 0 Å². The highest BCUT2D eigenvalue weighted by Gasteiger charge is 2.44. The number of nitrogens with zero attached hydrogens (tertiary/aromatic N) is 5. The van der Waals surface area contributed by atoms with E-state index in [1.165, 1.54) is 30.0 Å². The highest BCUT2D eigenvalue weighted by atomic mass is 32.2. The lowest BCUT2D eigenvalue weighted by Crippen LogP contribution is -2.45. The van der Waals surface area contributed by atoms with Gasteiger partial charge in [-0.25, -0.2) is 27.3 Å². The number of sulfone groups is 1. The number of carbonyl (C=O) groups is 1. The van der Waals surface area contributed by atoms with Crippen molar-refractivity contribution in [2.45, 2.75) is 42.1 Å². The molecule has 4 aromatic rings. The van der Waals surface area contributed by atoms with Gasteiger partial charge in [0.15, 0.2) is 21.1 Å². The van der Waals surface area contributed by atoms with Crippen molar-refractivity contribution < 1.29 is 32.2 Å². The van der Waals surface area contributed by atoms with Crippen LogP contribution in [0.3, 0.4) is 0 Å². The topological polar surface area (TPSA) is 164 Å². The van der Waals surface area contributed by atoms with Crippen LogP contribution in [0.15, 0.2) is 47.8 Å². The molecule has 212 valence electrons. The van der Waals surface area contributed by atoms with Crippen molar-refractivity contribution in [3.8, 4) is 16.8 Å². The van der Waals surface area contributed by atoms with Crippen molar-refractivity contribution in [3.05, 3.63) is 54.4 Å². The van der Waals surface area contributed by atoms with Crippen LogP contribution in [0.5, 0.6) is 0 Å². The molecule has 3 N–H and O–H groups in total. The summed E-state index contributed by atoms with van der Waals surface area (Å²) >= 11 is 0. The van der Waals surface area contributed by atoms with Gasteiger partial charge in [-0.15, -0.1) is 0 Å². The Morgan fingerprint density at radius 1 is 1.18 bits per heavy atom. The quantitative estimate of drug-likeness (QED) is 0.285. The Labute approximate surface area is 229 Å². The van der Waals surface area contributed by atoms with Crippen LogP contribution in [0.4, 0.5) is 10.2 Å². The lowest BCUT2D eigenvalue weighted by atomic mass is 9.77. The number of nitrogens with two attached hydrogens (primary N) is 1. The zero-order valence-electron chi connectivity index (χ0n) is 21.9. The van der Waals surface area contributed by atoms with E-state index in [0.29, 0.717) is 35.3 Å². The van der Waals surface area contributed by atoms with Gasteiger partial charge in [0, 0.05) is 36.6 Å². The molecule has 14 heteroatoms. The molecule has 3 heterocycles. The van der Waals surface area contributed by atoms with Gasteiger partial charge in [0.1, 0.15) is 16.5 Å². The molecule has 40 heavy (non-hydrogen) atoms. The number of aliphatic carboxylic acids is 1. The summed E-state index contributed by atoms with van der Waals surface area (Å²) in [6.07, 6.45) is 6.91. The summed E-state index contributed by atoms with van der Waals surface area (Å²) in [6, 6.07) is 5.85. The van der Waals surface area contributed by atoms with E-state index < -0.39 is 21.4 Å². The Hall–Kier alpha value is -3.88. The first-order chi connectivity index (χ1) is 19.0. The molecule has 0 spiro atoms.